The average Bonchev–Trinajstić information content (AvgIpc) is 2.72. The van der Waals surface area contributed by atoms with Crippen LogP contribution in [0.4, 0.5) is 10.1 Å². The smallest absolute Gasteiger partial charge is 0.135 e. The van der Waals surface area contributed by atoms with Gasteiger partial charge in [-0.15, -0.1) is 11.3 Å². The van der Waals surface area contributed by atoms with Crippen LogP contribution in [0.3, 0.4) is 0 Å². The molecule has 0 radical (unpaired) electrons. The van der Waals surface area contributed by atoms with Crippen LogP contribution in [0.5, 0.6) is 0 Å². The zero-order valence-corrected chi connectivity index (χ0v) is 11.4. The maximum Gasteiger partial charge on any atom is 0.135 e. The first-order chi connectivity index (χ1) is 8.56. The maximum atomic E-state index is 13.6. The fraction of sp³-hybridized carbons (Fsp3) is 0.167. The Kier molecular flexibility index (Phi) is 3.88. The number of hydrogen-bond donors (Lipinski definition) is 2. The Morgan fingerprint density at radius 3 is 2.89 bits per heavy atom. The van der Waals surface area contributed by atoms with Crippen molar-refractivity contribution in [2.75, 3.05) is 5.32 Å². The third-order valence-electron chi connectivity index (χ3n) is 2.37. The molecule has 0 saturated carbocycles. The number of halogens is 1. The molecule has 6 heteroatoms. The predicted molar refractivity (Wildman–Crippen MR) is 76.5 cm³/mol. The molecule has 0 saturated heterocycles. The first-order valence-corrected chi connectivity index (χ1v) is 6.59. The van der Waals surface area contributed by atoms with Gasteiger partial charge in [-0.2, -0.15) is 0 Å². The molecule has 0 aliphatic carbocycles. The number of benzene rings is 1. The highest BCUT2D eigenvalue weighted by Gasteiger charge is 2.06. The zero-order chi connectivity index (χ0) is 13.1. The van der Waals surface area contributed by atoms with Crippen molar-refractivity contribution in [2.45, 2.75) is 13.5 Å². The molecule has 2 aromatic rings. The number of thiazole rings is 1. The average molecular weight is 281 g/mol. The number of hydrogen-bond acceptors (Lipinski definition) is 4. The molecular formula is C12H12FN3S2. The van der Waals surface area contributed by atoms with Crippen LogP contribution in [0.15, 0.2) is 23.6 Å². The third kappa shape index (κ3) is 3.02. The summed E-state index contributed by atoms with van der Waals surface area (Å²) >= 11 is 6.34. The first-order valence-electron chi connectivity index (χ1n) is 5.30. The number of aryl methyl sites for hydroxylation is 1. The first kappa shape index (κ1) is 12.9. The number of nitrogens with two attached hydrogens (primary N) is 1. The molecule has 2 rings (SSSR count). The minimum absolute atomic E-state index is 0.0641. The van der Waals surface area contributed by atoms with E-state index in [2.05, 4.69) is 10.3 Å². The van der Waals surface area contributed by atoms with Crippen molar-refractivity contribution < 1.29 is 4.39 Å². The van der Waals surface area contributed by atoms with E-state index in [-0.39, 0.29) is 10.6 Å². The van der Waals surface area contributed by atoms with Crippen molar-refractivity contribution in [1.82, 2.24) is 4.98 Å². The molecule has 0 atom stereocenters. The van der Waals surface area contributed by atoms with E-state index >= 15 is 0 Å². The third-order valence-corrected chi connectivity index (χ3v) is 3.42. The fourth-order valence-corrected chi connectivity index (χ4v) is 2.29. The number of aromatic nitrogens is 1. The summed E-state index contributed by atoms with van der Waals surface area (Å²) in [5.41, 5.74) is 7.28. The minimum Gasteiger partial charge on any atom is -0.389 e. The predicted octanol–water partition coefficient (Wildman–Crippen LogP) is 2.84. The molecule has 0 bridgehead atoms. The van der Waals surface area contributed by atoms with Crippen molar-refractivity contribution >= 4 is 34.2 Å². The van der Waals surface area contributed by atoms with Gasteiger partial charge < -0.3 is 11.1 Å². The summed E-state index contributed by atoms with van der Waals surface area (Å²) in [4.78, 5) is 4.38. The fourth-order valence-electron chi connectivity index (χ4n) is 1.51. The van der Waals surface area contributed by atoms with Crippen LogP contribution in [0, 0.1) is 12.7 Å². The Hall–Kier alpha value is -1.53. The van der Waals surface area contributed by atoms with E-state index in [0.717, 1.165) is 10.7 Å². The van der Waals surface area contributed by atoms with Crippen LogP contribution in [0.2, 0.25) is 0 Å². The molecule has 0 aliphatic heterocycles. The van der Waals surface area contributed by atoms with Gasteiger partial charge in [0.2, 0.25) is 0 Å². The Morgan fingerprint density at radius 1 is 1.56 bits per heavy atom. The highest BCUT2D eigenvalue weighted by Crippen LogP contribution is 2.16. The van der Waals surface area contributed by atoms with Crippen LogP contribution >= 0.6 is 23.6 Å². The van der Waals surface area contributed by atoms with E-state index in [4.69, 9.17) is 18.0 Å². The van der Waals surface area contributed by atoms with E-state index in [0.29, 0.717) is 12.2 Å². The van der Waals surface area contributed by atoms with Crippen molar-refractivity contribution in [3.63, 3.8) is 0 Å². The number of anilines is 1. The van der Waals surface area contributed by atoms with Crippen LogP contribution in [-0.2, 0) is 6.54 Å². The summed E-state index contributed by atoms with van der Waals surface area (Å²) in [5.74, 6) is -0.415. The van der Waals surface area contributed by atoms with Gasteiger partial charge in [-0.3, -0.25) is 0 Å². The quantitative estimate of drug-likeness (QED) is 0.846. The van der Waals surface area contributed by atoms with Gasteiger partial charge in [-0.1, -0.05) is 12.2 Å². The number of rotatable bonds is 4. The summed E-state index contributed by atoms with van der Waals surface area (Å²) in [5, 5.41) is 6.09. The van der Waals surface area contributed by atoms with Gasteiger partial charge in [0.15, 0.2) is 0 Å². The SMILES string of the molecule is Cc1nc(CNc2ccc(C(N)=S)c(F)c2)cs1. The molecule has 0 fully saturated rings. The van der Waals surface area contributed by atoms with E-state index in [1.807, 2.05) is 12.3 Å². The van der Waals surface area contributed by atoms with Gasteiger partial charge in [0, 0.05) is 16.6 Å². The highest BCUT2D eigenvalue weighted by atomic mass is 32.1. The Morgan fingerprint density at radius 2 is 2.33 bits per heavy atom. The zero-order valence-electron chi connectivity index (χ0n) is 9.74. The van der Waals surface area contributed by atoms with Gasteiger partial charge in [-0.05, 0) is 25.1 Å². The summed E-state index contributed by atoms with van der Waals surface area (Å²) in [6.07, 6.45) is 0. The maximum absolute atomic E-state index is 13.6. The number of nitrogens with zero attached hydrogens (tertiary/aromatic N) is 1. The van der Waals surface area contributed by atoms with Crippen LogP contribution in [0.25, 0.3) is 0 Å². The molecule has 94 valence electrons. The molecule has 1 aromatic carbocycles. The lowest BCUT2D eigenvalue weighted by atomic mass is 10.2. The standard InChI is InChI=1S/C12H12FN3S2/c1-7-16-9(6-18-7)5-15-8-2-3-10(12(14)17)11(13)4-8/h2-4,6,15H,5H2,1H3,(H2,14,17). The van der Waals surface area contributed by atoms with Gasteiger partial charge >= 0.3 is 0 Å². The monoisotopic (exact) mass is 281 g/mol. The van der Waals surface area contributed by atoms with Crippen molar-refractivity contribution in [2.24, 2.45) is 5.73 Å². The summed E-state index contributed by atoms with van der Waals surface area (Å²) < 4.78 is 13.6. The molecule has 18 heavy (non-hydrogen) atoms. The van der Waals surface area contributed by atoms with E-state index in [9.17, 15) is 4.39 Å². The molecule has 0 spiro atoms. The second kappa shape index (κ2) is 5.41. The Bertz CT molecular complexity index is 580. The van der Waals surface area contributed by atoms with Gasteiger partial charge in [0.25, 0.3) is 0 Å². The van der Waals surface area contributed by atoms with Crippen LogP contribution in [-0.4, -0.2) is 9.97 Å². The Balaban J connectivity index is 2.06. The lowest BCUT2D eigenvalue weighted by Crippen LogP contribution is -2.12. The topological polar surface area (TPSA) is 50.9 Å². The number of thiocarbonyl (C=S) groups is 1. The highest BCUT2D eigenvalue weighted by molar-refractivity contribution is 7.80. The van der Waals surface area contributed by atoms with E-state index in [1.54, 1.807) is 23.5 Å². The van der Waals surface area contributed by atoms with Crippen molar-refractivity contribution in [3.8, 4) is 0 Å². The largest absolute Gasteiger partial charge is 0.389 e. The lowest BCUT2D eigenvalue weighted by molar-refractivity contribution is 0.626. The second-order valence-electron chi connectivity index (χ2n) is 3.77. The molecular weight excluding hydrogens is 269 g/mol. The van der Waals surface area contributed by atoms with Gasteiger partial charge in [0.1, 0.15) is 10.8 Å². The molecule has 0 aliphatic rings. The molecule has 1 aromatic heterocycles. The van der Waals surface area contributed by atoms with Crippen molar-refractivity contribution in [3.05, 3.63) is 45.7 Å². The second-order valence-corrected chi connectivity index (χ2v) is 5.27. The van der Waals surface area contributed by atoms with Gasteiger partial charge in [-0.25, -0.2) is 9.37 Å². The van der Waals surface area contributed by atoms with Crippen LogP contribution in [0.1, 0.15) is 16.3 Å². The molecule has 0 amide bonds. The molecule has 0 unspecified atom stereocenters. The summed E-state index contributed by atoms with van der Waals surface area (Å²) in [6.45, 7) is 2.51. The van der Waals surface area contributed by atoms with Crippen molar-refractivity contribution in [1.29, 1.82) is 0 Å². The normalized spacial score (nSPS) is 10.3. The molecule has 3 nitrogen and oxygen atoms in total. The van der Waals surface area contributed by atoms with E-state index in [1.165, 1.54) is 6.07 Å². The van der Waals surface area contributed by atoms with Crippen LogP contribution < -0.4 is 11.1 Å². The Labute approximate surface area is 114 Å². The number of nitrogens with one attached hydrogen (secondary N) is 1. The summed E-state index contributed by atoms with van der Waals surface area (Å²) in [7, 11) is 0. The summed E-state index contributed by atoms with van der Waals surface area (Å²) in [6, 6.07) is 4.71. The molecule has 3 N–H and O–H groups in total. The molecule has 1 heterocycles. The minimum atomic E-state index is -0.415. The van der Waals surface area contributed by atoms with E-state index < -0.39 is 5.82 Å². The lowest BCUT2D eigenvalue weighted by Gasteiger charge is -2.07. The van der Waals surface area contributed by atoms with Gasteiger partial charge in [0.05, 0.1) is 17.2 Å².